The summed E-state index contributed by atoms with van der Waals surface area (Å²) in [5.74, 6) is -0.916. The van der Waals surface area contributed by atoms with Crippen molar-refractivity contribution in [2.24, 2.45) is 0 Å². The molecule has 0 aromatic heterocycles. The van der Waals surface area contributed by atoms with Gasteiger partial charge in [-0.05, 0) is 42.5 Å². The van der Waals surface area contributed by atoms with Gasteiger partial charge in [-0.2, -0.15) is 0 Å². The van der Waals surface area contributed by atoms with Gasteiger partial charge in [0.15, 0.2) is 0 Å². The van der Waals surface area contributed by atoms with Gasteiger partial charge in [0.1, 0.15) is 0 Å². The minimum atomic E-state index is -0.490. The van der Waals surface area contributed by atoms with Crippen molar-refractivity contribution >= 4 is 46.1 Å². The molecule has 0 spiro atoms. The average molecular weight is 420 g/mol. The first-order valence-corrected chi connectivity index (χ1v) is 9.28. The number of fused-ring (bicyclic) bond motifs is 1. The molecule has 3 aromatic rings. The molecule has 0 saturated heterocycles. The zero-order chi connectivity index (χ0) is 21.3. The molecule has 148 valence electrons. The third-order valence-corrected chi connectivity index (χ3v) is 4.88. The van der Waals surface area contributed by atoms with Crippen LogP contribution in [0, 0.1) is 10.1 Å². The lowest BCUT2D eigenvalue weighted by Crippen LogP contribution is -2.42. The molecular formula is C22H14ClN3O4. The Balaban J connectivity index is 1.73. The maximum atomic E-state index is 13.2. The second-order valence-corrected chi connectivity index (χ2v) is 6.91. The van der Waals surface area contributed by atoms with E-state index in [1.807, 2.05) is 0 Å². The highest BCUT2D eigenvalue weighted by molar-refractivity contribution is 6.41. The Kier molecular flexibility index (Phi) is 5.04. The Morgan fingerprint density at radius 3 is 2.13 bits per heavy atom. The van der Waals surface area contributed by atoms with Crippen molar-refractivity contribution in [3.05, 3.63) is 105 Å². The maximum absolute atomic E-state index is 13.2. The molecule has 0 unspecified atom stereocenters. The maximum Gasteiger partial charge on any atom is 0.269 e. The number of nitro benzene ring substituents is 1. The fraction of sp³-hybridized carbons (Fsp3) is 0. The van der Waals surface area contributed by atoms with Crippen molar-refractivity contribution in [3.63, 3.8) is 0 Å². The summed E-state index contributed by atoms with van der Waals surface area (Å²) >= 11 is 5.93. The van der Waals surface area contributed by atoms with Gasteiger partial charge in [0.2, 0.25) is 0 Å². The Labute approximate surface area is 176 Å². The number of amides is 2. The predicted molar refractivity (Wildman–Crippen MR) is 114 cm³/mol. The molecule has 0 radical (unpaired) electrons. The Hall–Kier alpha value is -3.97. The van der Waals surface area contributed by atoms with Gasteiger partial charge in [-0.1, -0.05) is 29.8 Å². The number of nitro groups is 1. The van der Waals surface area contributed by atoms with Gasteiger partial charge in [0.05, 0.1) is 16.2 Å². The predicted octanol–water partition coefficient (Wildman–Crippen LogP) is 4.89. The van der Waals surface area contributed by atoms with E-state index in [-0.39, 0.29) is 5.69 Å². The quantitative estimate of drug-likeness (QED) is 0.281. The van der Waals surface area contributed by atoms with Gasteiger partial charge in [-0.3, -0.25) is 19.7 Å². The zero-order valence-corrected chi connectivity index (χ0v) is 16.2. The van der Waals surface area contributed by atoms with E-state index >= 15 is 0 Å². The summed E-state index contributed by atoms with van der Waals surface area (Å²) in [5, 5.41) is 14.3. The molecule has 1 N–H and O–H groups in total. The van der Waals surface area contributed by atoms with Crippen molar-refractivity contribution in [1.82, 2.24) is 0 Å². The van der Waals surface area contributed by atoms with Crippen molar-refractivity contribution in [2.75, 3.05) is 10.2 Å². The standard InChI is InChI=1S/C22H14ClN3O4/c23-14-5-9-16(10-6-14)25-21(27)19-4-2-1-3-18(19)20(22(25)28)13-24-15-7-11-17(12-8-15)26(29)30/h1-13,24H. The molecule has 3 aromatic carbocycles. The number of carbonyl (C=O) groups excluding carboxylic acids is 2. The third kappa shape index (κ3) is 3.54. The van der Waals surface area contributed by atoms with Crippen LogP contribution in [-0.2, 0) is 4.79 Å². The normalized spacial score (nSPS) is 14.6. The fourth-order valence-electron chi connectivity index (χ4n) is 3.15. The largest absolute Gasteiger partial charge is 0.361 e. The molecule has 1 aliphatic heterocycles. The van der Waals surface area contributed by atoms with Crippen molar-refractivity contribution < 1.29 is 14.5 Å². The molecule has 1 heterocycles. The van der Waals surface area contributed by atoms with Crippen LogP contribution in [0.5, 0.6) is 0 Å². The van der Waals surface area contributed by atoms with Gasteiger partial charge >= 0.3 is 0 Å². The summed E-state index contributed by atoms with van der Waals surface area (Å²) in [4.78, 5) is 37.6. The number of rotatable bonds is 4. The summed E-state index contributed by atoms with van der Waals surface area (Å²) in [6.07, 6.45) is 1.50. The molecule has 2 amide bonds. The molecular weight excluding hydrogens is 406 g/mol. The molecule has 0 aliphatic carbocycles. The number of anilines is 2. The molecule has 0 saturated carbocycles. The van der Waals surface area contributed by atoms with Crippen LogP contribution in [0.2, 0.25) is 5.02 Å². The van der Waals surface area contributed by atoms with E-state index in [0.29, 0.717) is 33.1 Å². The highest BCUT2D eigenvalue weighted by Crippen LogP contribution is 2.32. The van der Waals surface area contributed by atoms with Crippen LogP contribution in [0.15, 0.2) is 79.0 Å². The van der Waals surface area contributed by atoms with Crippen LogP contribution in [0.3, 0.4) is 0 Å². The van der Waals surface area contributed by atoms with Gasteiger partial charge in [0, 0.05) is 40.2 Å². The van der Waals surface area contributed by atoms with Crippen molar-refractivity contribution in [1.29, 1.82) is 0 Å². The summed E-state index contributed by atoms with van der Waals surface area (Å²) in [6.45, 7) is 0. The van der Waals surface area contributed by atoms with Gasteiger partial charge in [0.25, 0.3) is 17.5 Å². The third-order valence-electron chi connectivity index (χ3n) is 4.63. The summed E-state index contributed by atoms with van der Waals surface area (Å²) in [5.41, 5.74) is 2.12. The molecule has 0 atom stereocenters. The Morgan fingerprint density at radius 1 is 0.867 bits per heavy atom. The van der Waals surface area contributed by atoms with Gasteiger partial charge < -0.3 is 5.32 Å². The topological polar surface area (TPSA) is 92.5 Å². The number of carbonyl (C=O) groups is 2. The lowest BCUT2D eigenvalue weighted by Gasteiger charge is -2.28. The van der Waals surface area contributed by atoms with Crippen LogP contribution in [-0.4, -0.2) is 16.7 Å². The first kappa shape index (κ1) is 19.4. The molecule has 4 rings (SSSR count). The number of imide groups is 1. The minimum Gasteiger partial charge on any atom is -0.361 e. The first-order valence-electron chi connectivity index (χ1n) is 8.90. The molecule has 0 fully saturated rings. The number of benzene rings is 3. The van der Waals surface area contributed by atoms with E-state index in [4.69, 9.17) is 11.6 Å². The minimum absolute atomic E-state index is 0.0354. The monoisotopic (exact) mass is 419 g/mol. The fourth-order valence-corrected chi connectivity index (χ4v) is 3.28. The van der Waals surface area contributed by atoms with Crippen LogP contribution in [0.1, 0.15) is 15.9 Å². The van der Waals surface area contributed by atoms with E-state index in [1.165, 1.54) is 30.5 Å². The second kappa shape index (κ2) is 7.81. The second-order valence-electron chi connectivity index (χ2n) is 6.47. The molecule has 8 heteroatoms. The lowest BCUT2D eigenvalue weighted by molar-refractivity contribution is -0.384. The molecule has 0 bridgehead atoms. The SMILES string of the molecule is O=C1C(=CNc2ccc([N+](=O)[O-])cc2)c2ccccc2C(=O)N1c1ccc(Cl)cc1. The lowest BCUT2D eigenvalue weighted by atomic mass is 9.93. The smallest absolute Gasteiger partial charge is 0.269 e. The summed E-state index contributed by atoms with van der Waals surface area (Å²) in [7, 11) is 0. The molecule has 1 aliphatic rings. The summed E-state index contributed by atoms with van der Waals surface area (Å²) < 4.78 is 0. The molecule has 7 nitrogen and oxygen atoms in total. The van der Waals surface area contributed by atoms with Gasteiger partial charge in [-0.15, -0.1) is 0 Å². The van der Waals surface area contributed by atoms with E-state index < -0.39 is 16.7 Å². The first-order chi connectivity index (χ1) is 14.5. The summed E-state index contributed by atoms with van der Waals surface area (Å²) in [6, 6.07) is 19.1. The van der Waals surface area contributed by atoms with E-state index in [0.717, 1.165) is 4.90 Å². The number of non-ortho nitro benzene ring substituents is 1. The average Bonchev–Trinajstić information content (AvgIpc) is 2.75. The van der Waals surface area contributed by atoms with Gasteiger partial charge in [-0.25, -0.2) is 4.90 Å². The van der Waals surface area contributed by atoms with E-state index in [1.54, 1.807) is 48.5 Å². The highest BCUT2D eigenvalue weighted by atomic mass is 35.5. The Bertz CT molecular complexity index is 1190. The number of hydrogen-bond acceptors (Lipinski definition) is 5. The number of hydrogen-bond donors (Lipinski definition) is 1. The van der Waals surface area contributed by atoms with Crippen LogP contribution < -0.4 is 10.2 Å². The van der Waals surface area contributed by atoms with Crippen LogP contribution in [0.4, 0.5) is 17.1 Å². The van der Waals surface area contributed by atoms with E-state index in [9.17, 15) is 19.7 Å². The highest BCUT2D eigenvalue weighted by Gasteiger charge is 2.35. The van der Waals surface area contributed by atoms with E-state index in [2.05, 4.69) is 5.32 Å². The van der Waals surface area contributed by atoms with Crippen LogP contribution in [0.25, 0.3) is 5.57 Å². The molecule has 30 heavy (non-hydrogen) atoms. The number of nitrogens with one attached hydrogen (secondary N) is 1. The zero-order valence-electron chi connectivity index (χ0n) is 15.4. The number of nitrogens with zero attached hydrogens (tertiary/aromatic N) is 2. The van der Waals surface area contributed by atoms with Crippen molar-refractivity contribution in [2.45, 2.75) is 0 Å². The van der Waals surface area contributed by atoms with Crippen LogP contribution >= 0.6 is 11.6 Å². The Morgan fingerprint density at radius 2 is 1.50 bits per heavy atom. The number of halogens is 1. The van der Waals surface area contributed by atoms with Crippen molar-refractivity contribution in [3.8, 4) is 0 Å².